The maximum absolute atomic E-state index is 12.6. The number of rotatable bonds is 4. The number of anilines is 1. The molecule has 0 fully saturated rings. The van der Waals surface area contributed by atoms with E-state index in [1.54, 1.807) is 30.3 Å². The van der Waals surface area contributed by atoms with E-state index in [2.05, 4.69) is 20.4 Å². The van der Waals surface area contributed by atoms with Crippen molar-refractivity contribution < 1.29 is 19.3 Å². The normalized spacial score (nSPS) is 12.3. The fourth-order valence-corrected chi connectivity index (χ4v) is 3.08. The van der Waals surface area contributed by atoms with Crippen molar-refractivity contribution in [1.82, 2.24) is 19.7 Å². The van der Waals surface area contributed by atoms with Gasteiger partial charge in [-0.1, -0.05) is 6.07 Å². The lowest BCUT2D eigenvalue weighted by molar-refractivity contribution is -0.115. The van der Waals surface area contributed by atoms with Gasteiger partial charge in [0.2, 0.25) is 5.88 Å². The number of pyridine rings is 2. The van der Waals surface area contributed by atoms with Crippen molar-refractivity contribution in [2.45, 2.75) is 6.18 Å². The van der Waals surface area contributed by atoms with Crippen molar-refractivity contribution in [3.63, 3.8) is 0 Å². The molecule has 0 bridgehead atoms. The Morgan fingerprint density at radius 3 is 2.83 bits per heavy atom. The number of methoxy groups -OCH3 is 1. The lowest BCUT2D eigenvalue weighted by Crippen LogP contribution is -2.21. The fourth-order valence-electron chi connectivity index (χ4n) is 3.08. The topological polar surface area (TPSA) is 84.8 Å². The largest absolute Gasteiger partial charge is 0.481 e. The van der Waals surface area contributed by atoms with Crippen LogP contribution >= 0.6 is 0 Å². The highest BCUT2D eigenvalue weighted by molar-refractivity contribution is 5.90. The zero-order chi connectivity index (χ0) is 21.5. The average Bonchev–Trinajstić information content (AvgIpc) is 3.07. The van der Waals surface area contributed by atoms with Gasteiger partial charge in [0.05, 0.1) is 18.0 Å². The van der Waals surface area contributed by atoms with Crippen LogP contribution in [0.4, 0.5) is 19.0 Å². The van der Waals surface area contributed by atoms with Crippen molar-refractivity contribution in [2.75, 3.05) is 19.0 Å². The molecule has 0 aliphatic heterocycles. The van der Waals surface area contributed by atoms with Gasteiger partial charge in [-0.25, -0.2) is 9.67 Å². The summed E-state index contributed by atoms with van der Waals surface area (Å²) in [7, 11) is 1.37. The van der Waals surface area contributed by atoms with E-state index in [0.717, 1.165) is 0 Å². The second-order valence-corrected chi connectivity index (χ2v) is 6.36. The Labute approximate surface area is 163 Å². The Kier molecular flexibility index (Phi) is 4.11. The van der Waals surface area contributed by atoms with Crippen LogP contribution in [0.25, 0.3) is 33.1 Å². The number of H-pyrrole nitrogens is 1. The monoisotopic (exact) mass is 404 g/mol. The van der Waals surface area contributed by atoms with Gasteiger partial charge < -0.3 is 15.0 Å². The van der Waals surface area contributed by atoms with E-state index >= 15 is 0 Å². The van der Waals surface area contributed by atoms with Gasteiger partial charge >= 0.3 is 6.18 Å². The van der Waals surface area contributed by atoms with Crippen LogP contribution in [0.5, 0.6) is 5.88 Å². The van der Waals surface area contributed by atoms with E-state index < -0.39 is 18.3 Å². The number of halogens is 3. The standard InChI is InChI=1S/C19H16F3N5O2/c1-27-18(29-2)13-7-10(3-5-14(13)26-27)12-8-11-4-6-15(23-9-19(20,21)22)24-16(11)25-17(12)28/h3-8H,9H2,1-2H3,(H2,23,24,25,28)/i1D. The Morgan fingerprint density at radius 2 is 2.10 bits per heavy atom. The van der Waals surface area contributed by atoms with Crippen LogP contribution in [-0.4, -0.2) is 39.6 Å². The van der Waals surface area contributed by atoms with E-state index in [9.17, 15) is 18.0 Å². The Morgan fingerprint density at radius 1 is 1.28 bits per heavy atom. The highest BCUT2D eigenvalue weighted by atomic mass is 19.4. The summed E-state index contributed by atoms with van der Waals surface area (Å²) in [5, 5.41) is 7.69. The van der Waals surface area contributed by atoms with Gasteiger partial charge in [0.1, 0.15) is 18.0 Å². The van der Waals surface area contributed by atoms with Gasteiger partial charge in [-0.3, -0.25) is 4.79 Å². The summed E-state index contributed by atoms with van der Waals surface area (Å²) in [5.74, 6) is 0.429. The van der Waals surface area contributed by atoms with Crippen molar-refractivity contribution in [2.24, 2.45) is 7.02 Å². The minimum atomic E-state index is -4.37. The molecule has 0 atom stereocenters. The van der Waals surface area contributed by atoms with Crippen LogP contribution in [0.15, 0.2) is 41.2 Å². The summed E-state index contributed by atoms with van der Waals surface area (Å²) in [6, 6.07) is 9.82. The summed E-state index contributed by atoms with van der Waals surface area (Å²) >= 11 is 0. The fraction of sp³-hybridized carbons (Fsp3) is 0.211. The Hall–Kier alpha value is -3.56. The van der Waals surface area contributed by atoms with Crippen molar-refractivity contribution in [3.8, 4) is 17.0 Å². The number of alkyl halides is 3. The van der Waals surface area contributed by atoms with E-state index in [-0.39, 0.29) is 18.5 Å². The van der Waals surface area contributed by atoms with Gasteiger partial charge in [-0.15, -0.1) is 0 Å². The Bertz CT molecular complexity index is 1300. The molecule has 0 radical (unpaired) electrons. The number of hydrogen-bond donors (Lipinski definition) is 2. The van der Waals surface area contributed by atoms with E-state index in [4.69, 9.17) is 6.11 Å². The maximum Gasteiger partial charge on any atom is 0.405 e. The number of ether oxygens (including phenoxy) is 1. The first kappa shape index (κ1) is 17.5. The number of hydrogen-bond acceptors (Lipinski definition) is 5. The average molecular weight is 404 g/mol. The number of benzene rings is 1. The summed E-state index contributed by atoms with van der Waals surface area (Å²) in [4.78, 5) is 19.3. The number of fused-ring (bicyclic) bond motifs is 2. The minimum Gasteiger partial charge on any atom is -0.481 e. The molecular formula is C19H16F3N5O2. The molecule has 0 aliphatic carbocycles. The van der Waals surface area contributed by atoms with E-state index in [1.165, 1.54) is 17.9 Å². The van der Waals surface area contributed by atoms with Crippen molar-refractivity contribution >= 4 is 27.8 Å². The highest BCUT2D eigenvalue weighted by Crippen LogP contribution is 2.29. The number of nitrogens with one attached hydrogen (secondary N) is 2. The van der Waals surface area contributed by atoms with Gasteiger partial charge in [-0.2, -0.15) is 18.3 Å². The minimum absolute atomic E-state index is 0.0113. The summed E-state index contributed by atoms with van der Waals surface area (Å²) in [5.41, 5.74) is 1.34. The van der Waals surface area contributed by atoms with Crippen molar-refractivity contribution in [1.29, 1.82) is 0 Å². The van der Waals surface area contributed by atoms with Gasteiger partial charge in [-0.05, 0) is 35.9 Å². The molecule has 0 amide bonds. The van der Waals surface area contributed by atoms with Crippen molar-refractivity contribution in [3.05, 3.63) is 46.8 Å². The van der Waals surface area contributed by atoms with Gasteiger partial charge in [0.15, 0.2) is 0 Å². The molecule has 4 aromatic rings. The van der Waals surface area contributed by atoms with Gasteiger partial charge in [0.25, 0.3) is 5.56 Å². The first-order valence-corrected chi connectivity index (χ1v) is 8.48. The molecule has 0 spiro atoms. The quantitative estimate of drug-likeness (QED) is 0.544. The van der Waals surface area contributed by atoms with E-state index in [1.807, 2.05) is 0 Å². The SMILES string of the molecule is [2H]Cn1nc2ccc(-c3cc4ccc(NCC(F)(F)F)nc4[nH]c3=O)cc2c1OC. The third kappa shape index (κ3) is 3.60. The van der Waals surface area contributed by atoms with Crippen LogP contribution < -0.4 is 15.6 Å². The first-order valence-electron chi connectivity index (χ1n) is 9.18. The predicted molar refractivity (Wildman–Crippen MR) is 103 cm³/mol. The predicted octanol–water partition coefficient (Wildman–Crippen LogP) is 3.46. The lowest BCUT2D eigenvalue weighted by Gasteiger charge is -2.10. The van der Waals surface area contributed by atoms with Gasteiger partial charge in [0, 0.05) is 19.3 Å². The molecule has 1 aromatic carbocycles. The molecule has 10 heteroatoms. The van der Waals surface area contributed by atoms with E-state index in [0.29, 0.717) is 33.3 Å². The van der Waals surface area contributed by atoms with Crippen LogP contribution in [0.1, 0.15) is 1.37 Å². The third-order valence-corrected chi connectivity index (χ3v) is 4.37. The Balaban J connectivity index is 1.75. The zero-order valence-corrected chi connectivity index (χ0v) is 15.2. The first-order chi connectivity index (χ1) is 14.3. The van der Waals surface area contributed by atoms with Crippen LogP contribution in [0.2, 0.25) is 0 Å². The molecule has 150 valence electrons. The molecule has 29 heavy (non-hydrogen) atoms. The number of nitrogens with zero attached hydrogens (tertiary/aromatic N) is 3. The van der Waals surface area contributed by atoms with Crippen LogP contribution in [0, 0.1) is 0 Å². The number of aromatic nitrogens is 4. The molecule has 4 rings (SSSR count). The second-order valence-electron chi connectivity index (χ2n) is 6.36. The smallest absolute Gasteiger partial charge is 0.405 e. The molecule has 2 N–H and O–H groups in total. The van der Waals surface area contributed by atoms with Crippen LogP contribution in [0.3, 0.4) is 0 Å². The summed E-state index contributed by atoms with van der Waals surface area (Å²) < 4.78 is 51.4. The summed E-state index contributed by atoms with van der Waals surface area (Å²) in [6.07, 6.45) is -4.37. The molecular weight excluding hydrogens is 387 g/mol. The molecule has 0 saturated carbocycles. The molecule has 3 aromatic heterocycles. The lowest BCUT2D eigenvalue weighted by atomic mass is 10.0. The molecule has 0 aliphatic rings. The molecule has 3 heterocycles. The number of aryl methyl sites for hydroxylation is 1. The van der Waals surface area contributed by atoms with Crippen LogP contribution in [-0.2, 0) is 7.02 Å². The highest BCUT2D eigenvalue weighted by Gasteiger charge is 2.26. The second kappa shape index (κ2) is 6.80. The number of aromatic amines is 1. The molecule has 0 saturated heterocycles. The molecule has 7 nitrogen and oxygen atoms in total. The third-order valence-electron chi connectivity index (χ3n) is 4.37. The summed E-state index contributed by atoms with van der Waals surface area (Å²) in [6.45, 7) is -1.22. The maximum atomic E-state index is 12.6. The zero-order valence-electron chi connectivity index (χ0n) is 16.2. The molecule has 0 unspecified atom stereocenters.